The minimum absolute atomic E-state index is 0.797. The van der Waals surface area contributed by atoms with Gasteiger partial charge in [0.25, 0.3) is 40.0 Å². The highest BCUT2D eigenvalue weighted by molar-refractivity contribution is 6.59. The Morgan fingerprint density at radius 2 is 0.767 bits per heavy atom. The predicted octanol–water partition coefficient (Wildman–Crippen LogP) is 3.34. The quantitative estimate of drug-likeness (QED) is 0.197. The molecule has 1 heterocycles. The lowest BCUT2D eigenvalue weighted by Gasteiger charge is -2.19. The van der Waals surface area contributed by atoms with Gasteiger partial charge in [0, 0.05) is 0 Å². The number of hydrogen-bond acceptors (Lipinski definition) is 5. The highest BCUT2D eigenvalue weighted by atomic mass is 28.4. The van der Waals surface area contributed by atoms with E-state index in [2.05, 4.69) is 6.92 Å². The average Bonchev–Trinajstić information content (AvgIpc) is 2.77. The Kier molecular flexibility index (Phi) is 23.6. The molecule has 0 spiro atoms. The molecule has 5 nitrogen and oxygen atoms in total. The van der Waals surface area contributed by atoms with Gasteiger partial charge in [-0.15, -0.1) is 0 Å². The smallest absolute Gasteiger partial charge is 0.303 e. The number of unbranched alkanes of at least 4 members (excludes halogenated alkanes) is 17. The zero-order valence-electron chi connectivity index (χ0n) is 19.9. The summed E-state index contributed by atoms with van der Waals surface area (Å²) in [4.78, 5) is 0. The maximum Gasteiger partial charge on any atom is 0.303 e. The Morgan fingerprint density at radius 1 is 0.433 bits per heavy atom. The second kappa shape index (κ2) is 24.5. The molecule has 1 aliphatic rings. The van der Waals surface area contributed by atoms with E-state index >= 15 is 0 Å². The zero-order valence-corrected chi connectivity index (χ0v) is 26.7. The van der Waals surface area contributed by atoms with Crippen molar-refractivity contribution in [1.82, 2.24) is 0 Å². The van der Waals surface area contributed by atoms with Crippen LogP contribution < -0.4 is 0 Å². The summed E-state index contributed by atoms with van der Waals surface area (Å²) in [5.41, 5.74) is 0. The maximum absolute atomic E-state index is 5.91. The van der Waals surface area contributed by atoms with E-state index < -0.39 is 49.3 Å². The minimum Gasteiger partial charge on any atom is -0.425 e. The molecule has 0 aromatic rings. The zero-order chi connectivity index (χ0) is 21.4. The van der Waals surface area contributed by atoms with Crippen LogP contribution in [0, 0.1) is 0 Å². The second-order valence-electron chi connectivity index (χ2n) is 8.65. The lowest BCUT2D eigenvalue weighted by molar-refractivity contribution is 0.330. The van der Waals surface area contributed by atoms with Crippen LogP contribution in [0.2, 0.25) is 6.04 Å². The van der Waals surface area contributed by atoms with E-state index in [1.807, 2.05) is 0 Å². The molecule has 0 aromatic heterocycles. The fraction of sp³-hybridized carbons (Fsp3) is 1.00. The summed E-state index contributed by atoms with van der Waals surface area (Å²) >= 11 is 0. The lowest BCUT2D eigenvalue weighted by Crippen LogP contribution is -2.32. The van der Waals surface area contributed by atoms with E-state index in [-0.39, 0.29) is 0 Å². The van der Waals surface area contributed by atoms with Gasteiger partial charge in [0.2, 0.25) is 0 Å². The van der Waals surface area contributed by atoms with Gasteiger partial charge in [0.05, 0.1) is 0 Å². The third-order valence-corrected chi connectivity index (χ3v) is 14.7. The summed E-state index contributed by atoms with van der Waals surface area (Å²) in [6.45, 7) is 2.29. The largest absolute Gasteiger partial charge is 0.425 e. The van der Waals surface area contributed by atoms with Crippen molar-refractivity contribution in [3.05, 3.63) is 0 Å². The van der Waals surface area contributed by atoms with Crippen LogP contribution in [0.4, 0.5) is 0 Å². The molecule has 30 heavy (non-hydrogen) atoms. The first-order valence-corrected chi connectivity index (χ1v) is 19.3. The fourth-order valence-electron chi connectivity index (χ4n) is 3.90. The van der Waals surface area contributed by atoms with Crippen molar-refractivity contribution in [1.29, 1.82) is 0 Å². The van der Waals surface area contributed by atoms with Gasteiger partial charge >= 0.3 is 9.28 Å². The summed E-state index contributed by atoms with van der Waals surface area (Å²) < 4.78 is 28.3. The van der Waals surface area contributed by atoms with Crippen molar-refractivity contribution in [3.63, 3.8) is 0 Å². The van der Waals surface area contributed by atoms with E-state index in [9.17, 15) is 0 Å². The van der Waals surface area contributed by atoms with Gasteiger partial charge in [-0.25, -0.2) is 0 Å². The minimum atomic E-state index is -1.48. The molecule has 0 aliphatic carbocycles. The fourth-order valence-corrected chi connectivity index (χ4v) is 14.7. The van der Waals surface area contributed by atoms with Crippen molar-refractivity contribution in [2.24, 2.45) is 0 Å². The molecule has 0 bridgehead atoms. The first-order chi connectivity index (χ1) is 14.9. The van der Waals surface area contributed by atoms with Gasteiger partial charge in [-0.3, -0.25) is 0 Å². The highest BCUT2D eigenvalue weighted by Gasteiger charge is 2.14. The molecule has 1 rings (SSSR count). The van der Waals surface area contributed by atoms with E-state index in [1.54, 1.807) is 0 Å². The van der Waals surface area contributed by atoms with Crippen molar-refractivity contribution >= 4 is 49.3 Å². The molecule has 1 saturated heterocycles. The molecule has 0 radical (unpaired) electrons. The van der Waals surface area contributed by atoms with Gasteiger partial charge in [-0.2, -0.15) is 0 Å². The molecule has 0 amide bonds. The predicted molar refractivity (Wildman–Crippen MR) is 140 cm³/mol. The Hall–Kier alpha value is 0.884. The van der Waals surface area contributed by atoms with Crippen molar-refractivity contribution in [2.45, 2.75) is 129 Å². The molecule has 1 aliphatic heterocycles. The number of rotatable bonds is 19. The van der Waals surface area contributed by atoms with Crippen molar-refractivity contribution < 1.29 is 20.6 Å². The van der Waals surface area contributed by atoms with Gasteiger partial charge in [-0.1, -0.05) is 122 Å². The first-order valence-electron chi connectivity index (χ1n) is 12.9. The van der Waals surface area contributed by atoms with Crippen LogP contribution in [-0.2, 0) is 20.6 Å². The standard InChI is InChI=1S/C20H50O5Si5/c1-2-3-4-5-6-7-8-9-10-11-12-13-14-15-16-17-18-19-20-30-24-28-22-26-21-27-23-29-25-30/h30H,2-20,26-29H2,1H3. The van der Waals surface area contributed by atoms with Crippen LogP contribution in [-0.4, -0.2) is 49.3 Å². The molecule has 0 saturated carbocycles. The van der Waals surface area contributed by atoms with Crippen LogP contribution in [0.1, 0.15) is 122 Å². The SMILES string of the molecule is CCCCCCCCCCCCCCCCCCCC[SiH]1O[SiH2]O[SiH2]O[SiH2]O[SiH2]O1. The average molecular weight is 511 g/mol. The van der Waals surface area contributed by atoms with Crippen LogP contribution in [0.3, 0.4) is 0 Å². The van der Waals surface area contributed by atoms with Crippen molar-refractivity contribution in [2.75, 3.05) is 0 Å². The molecule has 0 atom stereocenters. The van der Waals surface area contributed by atoms with Crippen LogP contribution in [0.5, 0.6) is 0 Å². The summed E-state index contributed by atoms with van der Waals surface area (Å²) in [5, 5.41) is 0. The molecule has 0 N–H and O–H groups in total. The lowest BCUT2D eigenvalue weighted by atomic mass is 10.0. The summed E-state index contributed by atoms with van der Waals surface area (Å²) in [7, 11) is -4.76. The Balaban J connectivity index is 1.75. The van der Waals surface area contributed by atoms with E-state index in [0.29, 0.717) is 0 Å². The third-order valence-electron chi connectivity index (χ3n) is 5.80. The molecular formula is C20H50O5Si5. The van der Waals surface area contributed by atoms with Gasteiger partial charge in [0.1, 0.15) is 0 Å². The molecule has 180 valence electrons. The van der Waals surface area contributed by atoms with E-state index in [4.69, 9.17) is 20.6 Å². The molecule has 0 unspecified atom stereocenters. The van der Waals surface area contributed by atoms with Gasteiger partial charge in [0.15, 0.2) is 0 Å². The van der Waals surface area contributed by atoms with Crippen LogP contribution in [0.15, 0.2) is 0 Å². The monoisotopic (exact) mass is 510 g/mol. The van der Waals surface area contributed by atoms with Crippen LogP contribution in [0.25, 0.3) is 0 Å². The summed E-state index contributed by atoms with van der Waals surface area (Å²) in [6, 6.07) is 1.13. The summed E-state index contributed by atoms with van der Waals surface area (Å²) in [5.74, 6) is 0. The first kappa shape index (κ1) is 28.9. The Bertz CT molecular complexity index is 335. The molecular weight excluding hydrogens is 461 g/mol. The summed E-state index contributed by atoms with van der Waals surface area (Å²) in [6.07, 6.45) is 25.6. The Morgan fingerprint density at radius 3 is 1.17 bits per heavy atom. The molecule has 1 fully saturated rings. The van der Waals surface area contributed by atoms with Gasteiger partial charge in [-0.05, 0) is 6.04 Å². The second-order valence-corrected chi connectivity index (χ2v) is 18.6. The molecule has 10 heteroatoms. The Labute approximate surface area is 198 Å². The van der Waals surface area contributed by atoms with Crippen LogP contribution >= 0.6 is 0 Å². The normalized spacial score (nSPS) is 21.7. The van der Waals surface area contributed by atoms with Gasteiger partial charge < -0.3 is 20.6 Å². The van der Waals surface area contributed by atoms with Crippen molar-refractivity contribution in [3.8, 4) is 0 Å². The van der Waals surface area contributed by atoms with E-state index in [1.165, 1.54) is 116 Å². The maximum atomic E-state index is 5.91. The van der Waals surface area contributed by atoms with E-state index in [0.717, 1.165) is 6.04 Å². The molecule has 0 aromatic carbocycles. The highest BCUT2D eigenvalue weighted by Crippen LogP contribution is 2.15. The third kappa shape index (κ3) is 20.8. The topological polar surface area (TPSA) is 46.2 Å². The number of hydrogen-bond donors (Lipinski definition) is 0.